The second-order valence-electron chi connectivity index (χ2n) is 5.24. The predicted octanol–water partition coefficient (Wildman–Crippen LogP) is 2.96. The Kier molecular flexibility index (Phi) is 4.05. The highest BCUT2D eigenvalue weighted by molar-refractivity contribution is 7.15. The molecule has 1 heterocycles. The molecule has 0 bridgehead atoms. The third-order valence-electron chi connectivity index (χ3n) is 3.22. The van der Waals surface area contributed by atoms with Crippen LogP contribution >= 0.6 is 11.3 Å². The van der Waals surface area contributed by atoms with Gasteiger partial charge in [0.05, 0.1) is 5.69 Å². The lowest BCUT2D eigenvalue weighted by atomic mass is 9.99. The first kappa shape index (κ1) is 12.8. The van der Waals surface area contributed by atoms with Crippen molar-refractivity contribution in [3.63, 3.8) is 0 Å². The number of nitrogens with zero attached hydrogens (tertiary/aromatic N) is 2. The highest BCUT2D eigenvalue weighted by Crippen LogP contribution is 2.36. The molecular formula is C13H23N3S. The maximum Gasteiger partial charge on any atom is 0.185 e. The van der Waals surface area contributed by atoms with Crippen molar-refractivity contribution in [1.82, 2.24) is 4.98 Å². The van der Waals surface area contributed by atoms with Gasteiger partial charge in [0.1, 0.15) is 0 Å². The number of aromatic nitrogens is 1. The molecule has 1 aliphatic carbocycles. The lowest BCUT2D eigenvalue weighted by Crippen LogP contribution is -2.27. The van der Waals surface area contributed by atoms with Crippen LogP contribution in [0.4, 0.5) is 5.13 Å². The molecule has 1 aliphatic rings. The molecule has 0 amide bonds. The molecular weight excluding hydrogens is 230 g/mol. The van der Waals surface area contributed by atoms with Crippen LogP contribution in [0, 0.1) is 5.92 Å². The summed E-state index contributed by atoms with van der Waals surface area (Å²) in [5.74, 6) is 0.671. The number of nitrogens with two attached hydrogens (primary N) is 1. The summed E-state index contributed by atoms with van der Waals surface area (Å²) in [7, 11) is 0. The van der Waals surface area contributed by atoms with Gasteiger partial charge in [0.2, 0.25) is 0 Å². The lowest BCUT2D eigenvalue weighted by molar-refractivity contribution is 0.572. The molecule has 0 spiro atoms. The summed E-state index contributed by atoms with van der Waals surface area (Å²) in [4.78, 5) is 8.49. The van der Waals surface area contributed by atoms with E-state index >= 15 is 0 Å². The minimum absolute atomic E-state index is 0.225. The number of hydrogen-bond donors (Lipinski definition) is 1. The molecule has 0 aromatic carbocycles. The quantitative estimate of drug-likeness (QED) is 0.897. The van der Waals surface area contributed by atoms with Crippen molar-refractivity contribution < 1.29 is 0 Å². The Morgan fingerprint density at radius 1 is 1.53 bits per heavy atom. The van der Waals surface area contributed by atoms with Crippen molar-refractivity contribution in [3.8, 4) is 0 Å². The van der Waals surface area contributed by atoms with Crippen LogP contribution in [-0.4, -0.2) is 18.1 Å². The molecule has 2 N–H and O–H groups in total. The van der Waals surface area contributed by atoms with Crippen molar-refractivity contribution in [2.75, 3.05) is 18.0 Å². The Balaban J connectivity index is 2.20. The van der Waals surface area contributed by atoms with E-state index in [1.54, 1.807) is 0 Å². The first-order valence-corrected chi connectivity index (χ1v) is 7.43. The third-order valence-corrected chi connectivity index (χ3v) is 4.51. The van der Waals surface area contributed by atoms with E-state index in [-0.39, 0.29) is 6.04 Å². The van der Waals surface area contributed by atoms with Crippen LogP contribution < -0.4 is 10.6 Å². The zero-order valence-corrected chi connectivity index (χ0v) is 11.9. The Labute approximate surface area is 108 Å². The first-order chi connectivity index (χ1) is 8.11. The number of fused-ring (bicyclic) bond motifs is 1. The average Bonchev–Trinajstić information content (AvgIpc) is 2.70. The second kappa shape index (κ2) is 5.36. The highest BCUT2D eigenvalue weighted by Gasteiger charge is 2.23. The van der Waals surface area contributed by atoms with Gasteiger partial charge in [0.15, 0.2) is 5.13 Å². The monoisotopic (exact) mass is 253 g/mol. The van der Waals surface area contributed by atoms with E-state index in [0.717, 1.165) is 25.9 Å². The number of thiazole rings is 1. The topological polar surface area (TPSA) is 42.2 Å². The van der Waals surface area contributed by atoms with Gasteiger partial charge < -0.3 is 10.6 Å². The van der Waals surface area contributed by atoms with E-state index in [2.05, 4.69) is 25.7 Å². The Hall–Kier alpha value is -0.610. The van der Waals surface area contributed by atoms with Crippen LogP contribution in [0.15, 0.2) is 0 Å². The van der Waals surface area contributed by atoms with Gasteiger partial charge in [-0.1, -0.05) is 25.2 Å². The number of rotatable bonds is 4. The maximum atomic E-state index is 6.15. The van der Waals surface area contributed by atoms with Gasteiger partial charge in [-0.3, -0.25) is 0 Å². The van der Waals surface area contributed by atoms with Crippen molar-refractivity contribution in [2.45, 2.75) is 46.1 Å². The van der Waals surface area contributed by atoms with Crippen LogP contribution in [0.2, 0.25) is 0 Å². The van der Waals surface area contributed by atoms with Crippen LogP contribution in [0.25, 0.3) is 0 Å². The SMILES string of the molecule is CCN(CC(C)C)c1nc2c(s1)C(N)CCC2. The molecule has 1 aromatic rings. The van der Waals surface area contributed by atoms with Crippen LogP contribution in [0.3, 0.4) is 0 Å². The molecule has 1 unspecified atom stereocenters. The summed E-state index contributed by atoms with van der Waals surface area (Å²) in [6.07, 6.45) is 3.41. The van der Waals surface area contributed by atoms with Gasteiger partial charge in [-0.05, 0) is 32.1 Å². The largest absolute Gasteiger partial charge is 0.348 e. The summed E-state index contributed by atoms with van der Waals surface area (Å²) >= 11 is 1.81. The Morgan fingerprint density at radius 3 is 2.88 bits per heavy atom. The fraction of sp³-hybridized carbons (Fsp3) is 0.769. The van der Waals surface area contributed by atoms with Gasteiger partial charge >= 0.3 is 0 Å². The van der Waals surface area contributed by atoms with E-state index in [0.29, 0.717) is 5.92 Å². The Morgan fingerprint density at radius 2 is 2.29 bits per heavy atom. The van der Waals surface area contributed by atoms with Crippen LogP contribution in [0.1, 0.15) is 50.2 Å². The maximum absolute atomic E-state index is 6.15. The van der Waals surface area contributed by atoms with Gasteiger partial charge in [0, 0.05) is 24.0 Å². The van der Waals surface area contributed by atoms with Gasteiger partial charge in [-0.15, -0.1) is 0 Å². The molecule has 17 heavy (non-hydrogen) atoms. The van der Waals surface area contributed by atoms with Crippen molar-refractivity contribution in [1.29, 1.82) is 0 Å². The normalized spacial score (nSPS) is 19.5. The number of anilines is 1. The van der Waals surface area contributed by atoms with Crippen molar-refractivity contribution >= 4 is 16.5 Å². The molecule has 0 radical (unpaired) electrons. The highest BCUT2D eigenvalue weighted by atomic mass is 32.1. The molecule has 0 fully saturated rings. The van der Waals surface area contributed by atoms with Crippen LogP contribution in [0.5, 0.6) is 0 Å². The minimum atomic E-state index is 0.225. The van der Waals surface area contributed by atoms with Crippen molar-refractivity contribution in [2.24, 2.45) is 11.7 Å². The average molecular weight is 253 g/mol. The number of hydrogen-bond acceptors (Lipinski definition) is 4. The van der Waals surface area contributed by atoms with Gasteiger partial charge in [-0.2, -0.15) is 0 Å². The second-order valence-corrected chi connectivity index (χ2v) is 6.25. The minimum Gasteiger partial charge on any atom is -0.348 e. The molecule has 0 saturated carbocycles. The molecule has 0 aliphatic heterocycles. The number of aryl methyl sites for hydroxylation is 1. The van der Waals surface area contributed by atoms with Crippen molar-refractivity contribution in [3.05, 3.63) is 10.6 Å². The third kappa shape index (κ3) is 2.80. The Bertz CT molecular complexity index is 373. The van der Waals surface area contributed by atoms with E-state index in [9.17, 15) is 0 Å². The van der Waals surface area contributed by atoms with E-state index in [1.807, 2.05) is 11.3 Å². The molecule has 1 atom stereocenters. The lowest BCUT2D eigenvalue weighted by Gasteiger charge is -2.21. The smallest absolute Gasteiger partial charge is 0.185 e. The first-order valence-electron chi connectivity index (χ1n) is 6.62. The van der Waals surface area contributed by atoms with E-state index < -0.39 is 0 Å². The van der Waals surface area contributed by atoms with E-state index in [4.69, 9.17) is 10.7 Å². The fourth-order valence-electron chi connectivity index (χ4n) is 2.36. The molecule has 3 nitrogen and oxygen atoms in total. The zero-order valence-electron chi connectivity index (χ0n) is 11.1. The molecule has 96 valence electrons. The molecule has 1 aromatic heterocycles. The predicted molar refractivity (Wildman–Crippen MR) is 74.7 cm³/mol. The molecule has 4 heteroatoms. The van der Waals surface area contributed by atoms with Crippen LogP contribution in [-0.2, 0) is 6.42 Å². The van der Waals surface area contributed by atoms with E-state index in [1.165, 1.54) is 22.1 Å². The summed E-state index contributed by atoms with van der Waals surface area (Å²) in [6.45, 7) is 8.81. The molecule has 0 saturated heterocycles. The summed E-state index contributed by atoms with van der Waals surface area (Å²) < 4.78 is 0. The molecule has 2 rings (SSSR count). The summed E-state index contributed by atoms with van der Waals surface area (Å²) in [6, 6.07) is 0.225. The van der Waals surface area contributed by atoms with Gasteiger partial charge in [-0.25, -0.2) is 4.98 Å². The fourth-order valence-corrected chi connectivity index (χ4v) is 3.58. The zero-order chi connectivity index (χ0) is 12.4. The van der Waals surface area contributed by atoms with Gasteiger partial charge in [0.25, 0.3) is 0 Å². The summed E-state index contributed by atoms with van der Waals surface area (Å²) in [5, 5.41) is 1.17. The summed E-state index contributed by atoms with van der Waals surface area (Å²) in [5.41, 5.74) is 7.41. The standard InChI is InChI=1S/C13H23N3S/c1-4-16(8-9(2)3)13-15-11-7-5-6-10(14)12(11)17-13/h9-10H,4-8,14H2,1-3H3.